The monoisotopic (exact) mass is 217 g/mol. The molecule has 1 aromatic rings. The molecule has 0 bridgehead atoms. The Morgan fingerprint density at radius 2 is 2.62 bits per heavy atom. The van der Waals surface area contributed by atoms with E-state index in [1.54, 1.807) is 23.1 Å². The number of hydrogen-bond donors (Lipinski definition) is 1. The van der Waals surface area contributed by atoms with E-state index in [0.717, 1.165) is 0 Å². The summed E-state index contributed by atoms with van der Waals surface area (Å²) in [7, 11) is 1.35. The largest absolute Gasteiger partial charge is 0.468 e. The third-order valence-corrected chi connectivity index (χ3v) is 3.65. The van der Waals surface area contributed by atoms with Gasteiger partial charge in [-0.15, -0.1) is 23.1 Å². The fraction of sp³-hybridized carbons (Fsp3) is 0.375. The van der Waals surface area contributed by atoms with Crippen molar-refractivity contribution in [1.82, 2.24) is 0 Å². The number of esters is 1. The predicted octanol–water partition coefficient (Wildman–Crippen LogP) is 1.34. The lowest BCUT2D eigenvalue weighted by atomic mass is 10.4. The third kappa shape index (κ3) is 3.38. The standard InChI is InChI=1S/C8H11NO2S2/c1-11-8(10)6(9)5-13-7-3-2-4-12-7/h2-4,6H,5,9H2,1H3. The number of methoxy groups -OCH3 is 1. The molecule has 1 atom stereocenters. The topological polar surface area (TPSA) is 52.3 Å². The minimum Gasteiger partial charge on any atom is -0.468 e. The first-order valence-corrected chi connectivity index (χ1v) is 5.60. The van der Waals surface area contributed by atoms with Crippen LogP contribution in [0.2, 0.25) is 0 Å². The quantitative estimate of drug-likeness (QED) is 0.611. The fourth-order valence-electron chi connectivity index (χ4n) is 0.737. The molecule has 1 unspecified atom stereocenters. The van der Waals surface area contributed by atoms with Crippen LogP contribution in [0.15, 0.2) is 21.7 Å². The lowest BCUT2D eigenvalue weighted by Crippen LogP contribution is -2.33. The molecule has 0 saturated heterocycles. The number of rotatable bonds is 4. The maximum Gasteiger partial charge on any atom is 0.323 e. The Hall–Kier alpha value is -0.520. The number of hydrogen-bond acceptors (Lipinski definition) is 5. The Morgan fingerprint density at radius 3 is 3.15 bits per heavy atom. The van der Waals surface area contributed by atoms with Gasteiger partial charge in [0.15, 0.2) is 0 Å². The Labute approximate surface area is 85.3 Å². The van der Waals surface area contributed by atoms with Crippen LogP contribution in [0.25, 0.3) is 0 Å². The van der Waals surface area contributed by atoms with Gasteiger partial charge in [0.1, 0.15) is 6.04 Å². The van der Waals surface area contributed by atoms with Crippen molar-refractivity contribution in [1.29, 1.82) is 0 Å². The molecule has 0 aliphatic heterocycles. The van der Waals surface area contributed by atoms with E-state index < -0.39 is 6.04 Å². The highest BCUT2D eigenvalue weighted by molar-refractivity contribution is 8.01. The number of ether oxygens (including phenoxy) is 1. The fourth-order valence-corrected chi connectivity index (χ4v) is 2.48. The predicted molar refractivity (Wildman–Crippen MR) is 55.0 cm³/mol. The summed E-state index contributed by atoms with van der Waals surface area (Å²) in [5, 5.41) is 1.99. The Bertz CT molecular complexity index is 261. The highest BCUT2D eigenvalue weighted by Gasteiger charge is 2.13. The molecular formula is C8H11NO2S2. The van der Waals surface area contributed by atoms with Crippen molar-refractivity contribution in [3.05, 3.63) is 17.5 Å². The van der Waals surface area contributed by atoms with E-state index >= 15 is 0 Å². The highest BCUT2D eigenvalue weighted by atomic mass is 32.2. The lowest BCUT2D eigenvalue weighted by molar-refractivity contribution is -0.141. The van der Waals surface area contributed by atoms with Crippen LogP contribution in [0.4, 0.5) is 0 Å². The zero-order valence-electron chi connectivity index (χ0n) is 7.23. The normalized spacial score (nSPS) is 12.5. The molecule has 0 spiro atoms. The van der Waals surface area contributed by atoms with Crippen molar-refractivity contribution in [2.45, 2.75) is 10.3 Å². The molecule has 1 aromatic heterocycles. The zero-order chi connectivity index (χ0) is 9.68. The Balaban J connectivity index is 2.30. The smallest absolute Gasteiger partial charge is 0.323 e. The number of carbonyl (C=O) groups is 1. The van der Waals surface area contributed by atoms with Crippen molar-refractivity contribution >= 4 is 29.1 Å². The minimum atomic E-state index is -0.530. The summed E-state index contributed by atoms with van der Waals surface area (Å²) in [6, 6.07) is 3.44. The molecule has 72 valence electrons. The highest BCUT2D eigenvalue weighted by Crippen LogP contribution is 2.23. The van der Waals surface area contributed by atoms with Crippen molar-refractivity contribution in [2.75, 3.05) is 12.9 Å². The first-order valence-electron chi connectivity index (χ1n) is 3.73. The average Bonchev–Trinajstić information content (AvgIpc) is 2.65. The van der Waals surface area contributed by atoms with Gasteiger partial charge < -0.3 is 10.5 Å². The number of thiophene rings is 1. The summed E-state index contributed by atoms with van der Waals surface area (Å²) in [6.45, 7) is 0. The summed E-state index contributed by atoms with van der Waals surface area (Å²) in [4.78, 5) is 10.9. The van der Waals surface area contributed by atoms with Gasteiger partial charge in [-0.1, -0.05) is 6.07 Å². The molecule has 0 aliphatic rings. The van der Waals surface area contributed by atoms with E-state index in [-0.39, 0.29) is 5.97 Å². The molecule has 0 saturated carbocycles. The molecule has 1 rings (SSSR count). The third-order valence-electron chi connectivity index (χ3n) is 1.40. The van der Waals surface area contributed by atoms with Gasteiger partial charge in [0, 0.05) is 5.75 Å². The van der Waals surface area contributed by atoms with Crippen LogP contribution in [0.1, 0.15) is 0 Å². The molecule has 0 aromatic carbocycles. The first kappa shape index (κ1) is 10.6. The summed E-state index contributed by atoms with van der Waals surface area (Å²) in [5.74, 6) is 0.205. The molecule has 1 heterocycles. The maximum atomic E-state index is 10.9. The summed E-state index contributed by atoms with van der Waals surface area (Å²) >= 11 is 3.21. The van der Waals surface area contributed by atoms with Crippen LogP contribution < -0.4 is 5.73 Å². The van der Waals surface area contributed by atoms with E-state index in [1.807, 2.05) is 17.5 Å². The first-order chi connectivity index (χ1) is 6.24. The second-order valence-electron chi connectivity index (χ2n) is 2.37. The zero-order valence-corrected chi connectivity index (χ0v) is 8.86. The van der Waals surface area contributed by atoms with Gasteiger partial charge in [-0.25, -0.2) is 0 Å². The van der Waals surface area contributed by atoms with Gasteiger partial charge in [0.25, 0.3) is 0 Å². The maximum absolute atomic E-state index is 10.9. The van der Waals surface area contributed by atoms with Crippen molar-refractivity contribution in [3.63, 3.8) is 0 Å². The average molecular weight is 217 g/mol. The second kappa shape index (κ2) is 5.26. The van der Waals surface area contributed by atoms with Crippen LogP contribution in [-0.2, 0) is 9.53 Å². The van der Waals surface area contributed by atoms with Crippen molar-refractivity contribution in [3.8, 4) is 0 Å². The van der Waals surface area contributed by atoms with Gasteiger partial charge in [0.05, 0.1) is 11.3 Å². The van der Waals surface area contributed by atoms with E-state index in [2.05, 4.69) is 4.74 Å². The lowest BCUT2D eigenvalue weighted by Gasteiger charge is -2.06. The minimum absolute atomic E-state index is 0.357. The molecule has 13 heavy (non-hydrogen) atoms. The van der Waals surface area contributed by atoms with Crippen LogP contribution >= 0.6 is 23.1 Å². The van der Waals surface area contributed by atoms with E-state index in [1.165, 1.54) is 11.3 Å². The van der Waals surface area contributed by atoms with Gasteiger partial charge in [-0.05, 0) is 11.4 Å². The summed E-state index contributed by atoms with van der Waals surface area (Å²) in [6.07, 6.45) is 0. The number of nitrogens with two attached hydrogens (primary N) is 1. The summed E-state index contributed by atoms with van der Waals surface area (Å²) < 4.78 is 5.67. The Morgan fingerprint density at radius 1 is 1.85 bits per heavy atom. The van der Waals surface area contributed by atoms with Crippen LogP contribution in [0.3, 0.4) is 0 Å². The van der Waals surface area contributed by atoms with Gasteiger partial charge >= 0.3 is 5.97 Å². The van der Waals surface area contributed by atoms with E-state index in [9.17, 15) is 4.79 Å². The molecule has 0 fully saturated rings. The van der Waals surface area contributed by atoms with Crippen molar-refractivity contribution < 1.29 is 9.53 Å². The Kier molecular flexibility index (Phi) is 4.27. The molecule has 2 N–H and O–H groups in total. The molecule has 5 heteroatoms. The van der Waals surface area contributed by atoms with Gasteiger partial charge in [0.2, 0.25) is 0 Å². The van der Waals surface area contributed by atoms with Crippen molar-refractivity contribution in [2.24, 2.45) is 5.73 Å². The number of carbonyl (C=O) groups excluding carboxylic acids is 1. The molecule has 0 radical (unpaired) electrons. The molecule has 3 nitrogen and oxygen atoms in total. The number of thioether (sulfide) groups is 1. The summed E-state index contributed by atoms with van der Waals surface area (Å²) in [5.41, 5.74) is 5.55. The molecular weight excluding hydrogens is 206 g/mol. The van der Waals surface area contributed by atoms with E-state index in [4.69, 9.17) is 5.73 Å². The van der Waals surface area contributed by atoms with Crippen LogP contribution in [0, 0.1) is 0 Å². The van der Waals surface area contributed by atoms with Crippen LogP contribution in [0.5, 0.6) is 0 Å². The van der Waals surface area contributed by atoms with Gasteiger partial charge in [-0.3, -0.25) is 4.79 Å². The molecule has 0 amide bonds. The SMILES string of the molecule is COC(=O)C(N)CSc1cccs1. The second-order valence-corrected chi connectivity index (χ2v) is 4.64. The van der Waals surface area contributed by atoms with Gasteiger partial charge in [-0.2, -0.15) is 0 Å². The molecule has 0 aliphatic carbocycles. The van der Waals surface area contributed by atoms with Crippen LogP contribution in [-0.4, -0.2) is 24.9 Å². The van der Waals surface area contributed by atoms with E-state index in [0.29, 0.717) is 5.75 Å².